The van der Waals surface area contributed by atoms with Crippen LogP contribution in [0.15, 0.2) is 6.07 Å². The standard InChI is InChI=1S/C14H23N3O2S/c1-3-17-13(6-11(2)16-17)7-14(9-15-10-14)12-4-5-20(18,19)8-12/h6,12,15H,3-5,7-10H2,1-2H3. The zero-order valence-electron chi connectivity index (χ0n) is 12.2. The largest absolute Gasteiger partial charge is 0.315 e. The normalized spacial score (nSPS) is 27.4. The molecule has 0 spiro atoms. The van der Waals surface area contributed by atoms with Crippen molar-refractivity contribution in [3.63, 3.8) is 0 Å². The molecular formula is C14H23N3O2S. The number of rotatable bonds is 4. The average molecular weight is 297 g/mol. The number of sulfone groups is 1. The highest BCUT2D eigenvalue weighted by Crippen LogP contribution is 2.41. The van der Waals surface area contributed by atoms with E-state index in [1.807, 2.05) is 6.92 Å². The van der Waals surface area contributed by atoms with Crippen molar-refractivity contribution >= 4 is 9.84 Å². The van der Waals surface area contributed by atoms with Crippen molar-refractivity contribution in [1.82, 2.24) is 15.1 Å². The van der Waals surface area contributed by atoms with Crippen LogP contribution < -0.4 is 5.32 Å². The van der Waals surface area contributed by atoms with Crippen LogP contribution in [0.2, 0.25) is 0 Å². The van der Waals surface area contributed by atoms with Crippen LogP contribution in [0.25, 0.3) is 0 Å². The minimum atomic E-state index is -2.81. The molecule has 2 fully saturated rings. The van der Waals surface area contributed by atoms with E-state index < -0.39 is 9.84 Å². The van der Waals surface area contributed by atoms with Crippen LogP contribution in [0.1, 0.15) is 24.7 Å². The summed E-state index contributed by atoms with van der Waals surface area (Å²) in [5.41, 5.74) is 2.40. The fourth-order valence-electron chi connectivity index (χ4n) is 3.66. The van der Waals surface area contributed by atoms with E-state index in [0.29, 0.717) is 17.4 Å². The van der Waals surface area contributed by atoms with Crippen molar-refractivity contribution in [3.05, 3.63) is 17.5 Å². The van der Waals surface area contributed by atoms with Gasteiger partial charge in [0.05, 0.1) is 17.2 Å². The summed E-state index contributed by atoms with van der Waals surface area (Å²) in [5.74, 6) is 1.04. The zero-order valence-corrected chi connectivity index (χ0v) is 13.0. The van der Waals surface area contributed by atoms with Crippen LogP contribution in [0.5, 0.6) is 0 Å². The van der Waals surface area contributed by atoms with Gasteiger partial charge in [-0.05, 0) is 38.7 Å². The average Bonchev–Trinajstić information content (AvgIpc) is 2.86. The molecule has 0 saturated carbocycles. The minimum absolute atomic E-state index is 0.114. The van der Waals surface area contributed by atoms with Gasteiger partial charge in [0.1, 0.15) is 0 Å². The lowest BCUT2D eigenvalue weighted by molar-refractivity contribution is 0.0896. The van der Waals surface area contributed by atoms with Crippen molar-refractivity contribution in [1.29, 1.82) is 0 Å². The Balaban J connectivity index is 1.83. The summed E-state index contributed by atoms with van der Waals surface area (Å²) in [7, 11) is -2.81. The molecule has 0 radical (unpaired) electrons. The van der Waals surface area contributed by atoms with Crippen LogP contribution in [-0.4, -0.2) is 42.8 Å². The minimum Gasteiger partial charge on any atom is -0.315 e. The lowest BCUT2D eigenvalue weighted by Crippen LogP contribution is -2.59. The van der Waals surface area contributed by atoms with Crippen LogP contribution in [0.4, 0.5) is 0 Å². The van der Waals surface area contributed by atoms with Gasteiger partial charge in [0.2, 0.25) is 0 Å². The third-order valence-corrected chi connectivity index (χ3v) is 6.64. The molecule has 3 heterocycles. The van der Waals surface area contributed by atoms with E-state index in [9.17, 15) is 8.42 Å². The first kappa shape index (κ1) is 14.1. The second-order valence-corrected chi connectivity index (χ2v) is 8.56. The molecule has 2 aliphatic rings. The molecule has 3 rings (SSSR count). The zero-order chi connectivity index (χ0) is 14.4. The highest BCUT2D eigenvalue weighted by atomic mass is 32.2. The molecule has 0 aliphatic carbocycles. The van der Waals surface area contributed by atoms with Crippen molar-refractivity contribution < 1.29 is 8.42 Å². The Morgan fingerprint density at radius 3 is 2.75 bits per heavy atom. The summed E-state index contributed by atoms with van der Waals surface area (Å²) in [6, 6.07) is 2.15. The first-order valence-electron chi connectivity index (χ1n) is 7.39. The van der Waals surface area contributed by atoms with Gasteiger partial charge in [0.25, 0.3) is 0 Å². The second kappa shape index (κ2) is 4.84. The van der Waals surface area contributed by atoms with E-state index in [2.05, 4.69) is 28.1 Å². The summed E-state index contributed by atoms with van der Waals surface area (Å²) < 4.78 is 25.6. The molecule has 2 aliphatic heterocycles. The molecule has 20 heavy (non-hydrogen) atoms. The number of aromatic nitrogens is 2. The number of hydrogen-bond donors (Lipinski definition) is 1. The second-order valence-electron chi connectivity index (χ2n) is 6.34. The molecule has 0 amide bonds. The Hall–Kier alpha value is -0.880. The van der Waals surface area contributed by atoms with Crippen LogP contribution >= 0.6 is 0 Å². The van der Waals surface area contributed by atoms with Gasteiger partial charge >= 0.3 is 0 Å². The molecule has 6 heteroatoms. The number of nitrogens with zero attached hydrogens (tertiary/aromatic N) is 2. The van der Waals surface area contributed by atoms with Crippen LogP contribution in [-0.2, 0) is 22.8 Å². The van der Waals surface area contributed by atoms with E-state index in [1.165, 1.54) is 5.69 Å². The van der Waals surface area contributed by atoms with Gasteiger partial charge in [-0.2, -0.15) is 5.10 Å². The monoisotopic (exact) mass is 297 g/mol. The van der Waals surface area contributed by atoms with Gasteiger partial charge < -0.3 is 5.32 Å². The molecule has 0 aromatic carbocycles. The Kier molecular flexibility index (Phi) is 3.41. The van der Waals surface area contributed by atoms with E-state index in [0.717, 1.165) is 38.2 Å². The number of hydrogen-bond acceptors (Lipinski definition) is 4. The molecular weight excluding hydrogens is 274 g/mol. The maximum Gasteiger partial charge on any atom is 0.150 e. The Morgan fingerprint density at radius 1 is 1.50 bits per heavy atom. The van der Waals surface area contributed by atoms with E-state index in [4.69, 9.17) is 0 Å². The Morgan fingerprint density at radius 2 is 2.25 bits per heavy atom. The molecule has 1 aromatic rings. The van der Waals surface area contributed by atoms with Gasteiger partial charge in [-0.15, -0.1) is 0 Å². The first-order valence-corrected chi connectivity index (χ1v) is 9.21. The quantitative estimate of drug-likeness (QED) is 0.892. The van der Waals surface area contributed by atoms with E-state index in [-0.39, 0.29) is 5.41 Å². The Bertz CT molecular complexity index is 602. The Labute approximate surface area is 120 Å². The lowest BCUT2D eigenvalue weighted by atomic mass is 9.67. The van der Waals surface area contributed by atoms with Crippen molar-refractivity contribution in [2.24, 2.45) is 11.3 Å². The van der Waals surface area contributed by atoms with Crippen LogP contribution in [0.3, 0.4) is 0 Å². The third-order valence-electron chi connectivity index (χ3n) is 4.87. The molecule has 0 bridgehead atoms. The highest BCUT2D eigenvalue weighted by molar-refractivity contribution is 7.91. The fourth-order valence-corrected chi connectivity index (χ4v) is 5.60. The molecule has 112 valence electrons. The maximum atomic E-state index is 11.8. The third kappa shape index (κ3) is 2.39. The number of nitrogens with one attached hydrogen (secondary N) is 1. The van der Waals surface area contributed by atoms with Gasteiger partial charge in [-0.25, -0.2) is 8.42 Å². The molecule has 1 N–H and O–H groups in total. The first-order chi connectivity index (χ1) is 9.44. The smallest absolute Gasteiger partial charge is 0.150 e. The molecule has 1 unspecified atom stereocenters. The molecule has 1 aromatic heterocycles. The summed E-state index contributed by atoms with van der Waals surface area (Å²) >= 11 is 0. The lowest BCUT2D eigenvalue weighted by Gasteiger charge is -2.47. The highest BCUT2D eigenvalue weighted by Gasteiger charge is 2.48. The van der Waals surface area contributed by atoms with Crippen molar-refractivity contribution in [2.45, 2.75) is 33.2 Å². The van der Waals surface area contributed by atoms with Gasteiger partial charge in [0, 0.05) is 30.7 Å². The van der Waals surface area contributed by atoms with Crippen molar-refractivity contribution in [3.8, 4) is 0 Å². The summed E-state index contributed by atoms with van der Waals surface area (Å²) in [6.07, 6.45) is 1.76. The number of aryl methyl sites for hydroxylation is 2. The summed E-state index contributed by atoms with van der Waals surface area (Å²) in [5, 5.41) is 7.85. The summed E-state index contributed by atoms with van der Waals surface area (Å²) in [6.45, 7) is 6.85. The van der Waals surface area contributed by atoms with Crippen LogP contribution in [0, 0.1) is 18.3 Å². The van der Waals surface area contributed by atoms with Crippen molar-refractivity contribution in [2.75, 3.05) is 24.6 Å². The van der Waals surface area contributed by atoms with E-state index in [1.54, 1.807) is 0 Å². The molecule has 1 atom stereocenters. The summed E-state index contributed by atoms with van der Waals surface area (Å²) in [4.78, 5) is 0. The van der Waals surface area contributed by atoms with Gasteiger partial charge in [-0.3, -0.25) is 4.68 Å². The van der Waals surface area contributed by atoms with E-state index >= 15 is 0 Å². The molecule has 5 nitrogen and oxygen atoms in total. The predicted molar refractivity (Wildman–Crippen MR) is 78.4 cm³/mol. The van der Waals surface area contributed by atoms with Gasteiger partial charge in [0.15, 0.2) is 9.84 Å². The fraction of sp³-hybridized carbons (Fsp3) is 0.786. The van der Waals surface area contributed by atoms with Gasteiger partial charge in [-0.1, -0.05) is 0 Å². The maximum absolute atomic E-state index is 11.8. The molecule has 2 saturated heterocycles. The SMILES string of the molecule is CCn1nc(C)cc1CC1(C2CCS(=O)(=O)C2)CNC1. The topological polar surface area (TPSA) is 64.0 Å². The predicted octanol–water partition coefficient (Wildman–Crippen LogP) is 0.778.